The van der Waals surface area contributed by atoms with Gasteiger partial charge in [-0.2, -0.15) is 0 Å². The largest absolute Gasteiger partial charge is 0.208 e. The molecular formula is C57H37N3. The quantitative estimate of drug-likeness (QED) is 0.162. The van der Waals surface area contributed by atoms with Crippen LogP contribution < -0.4 is 0 Å². The van der Waals surface area contributed by atoms with Gasteiger partial charge in [-0.25, -0.2) is 15.0 Å². The number of hydrogen-bond acceptors (Lipinski definition) is 3. The van der Waals surface area contributed by atoms with E-state index in [1.54, 1.807) is 0 Å². The van der Waals surface area contributed by atoms with Crippen molar-refractivity contribution in [3.05, 3.63) is 224 Å². The van der Waals surface area contributed by atoms with Gasteiger partial charge in [0.15, 0.2) is 17.5 Å². The van der Waals surface area contributed by atoms with Gasteiger partial charge in [0.25, 0.3) is 0 Å². The molecule has 1 heterocycles. The van der Waals surface area contributed by atoms with E-state index in [1.165, 1.54) is 49.2 Å². The van der Waals surface area contributed by atoms with Gasteiger partial charge in [0.05, 0.1) is 0 Å². The molecule has 0 N–H and O–H groups in total. The van der Waals surface area contributed by atoms with Crippen molar-refractivity contribution < 1.29 is 0 Å². The van der Waals surface area contributed by atoms with E-state index in [2.05, 4.69) is 224 Å². The van der Waals surface area contributed by atoms with Gasteiger partial charge in [-0.1, -0.05) is 200 Å². The van der Waals surface area contributed by atoms with Gasteiger partial charge in [-0.05, 0) is 101 Å². The van der Waals surface area contributed by atoms with E-state index in [4.69, 9.17) is 15.0 Å². The van der Waals surface area contributed by atoms with Crippen molar-refractivity contribution in [2.24, 2.45) is 0 Å². The summed E-state index contributed by atoms with van der Waals surface area (Å²) in [4.78, 5) is 15.7. The zero-order valence-corrected chi connectivity index (χ0v) is 32.7. The molecule has 1 aromatic heterocycles. The Labute approximate surface area is 349 Å². The second-order valence-electron chi connectivity index (χ2n) is 15.2. The molecule has 0 bridgehead atoms. The predicted octanol–water partition coefficient (Wildman–Crippen LogP) is 15.0. The molecule has 0 atom stereocenters. The van der Waals surface area contributed by atoms with Crippen molar-refractivity contribution in [2.75, 3.05) is 0 Å². The molecule has 0 unspecified atom stereocenters. The molecule has 60 heavy (non-hydrogen) atoms. The molecule has 3 nitrogen and oxygen atoms in total. The summed E-state index contributed by atoms with van der Waals surface area (Å²) in [7, 11) is 0. The molecule has 3 heteroatoms. The third-order valence-electron chi connectivity index (χ3n) is 11.5. The Bertz CT molecular complexity index is 3370. The molecule has 0 amide bonds. The minimum absolute atomic E-state index is 0.622. The minimum atomic E-state index is 0.622. The summed E-state index contributed by atoms with van der Waals surface area (Å²) in [6.45, 7) is 0. The maximum Gasteiger partial charge on any atom is 0.164 e. The molecule has 280 valence electrons. The summed E-state index contributed by atoms with van der Waals surface area (Å²) in [5.41, 5.74) is 12.1. The number of rotatable bonds is 7. The van der Waals surface area contributed by atoms with Crippen molar-refractivity contribution in [2.45, 2.75) is 0 Å². The van der Waals surface area contributed by atoms with Crippen molar-refractivity contribution in [1.82, 2.24) is 15.0 Å². The lowest BCUT2D eigenvalue weighted by atomic mass is 9.91. The number of fused-ring (bicyclic) bond motifs is 3. The summed E-state index contributed by atoms with van der Waals surface area (Å²) in [5, 5.41) is 7.16. The van der Waals surface area contributed by atoms with Crippen LogP contribution >= 0.6 is 0 Å². The third kappa shape index (κ3) is 6.58. The Morgan fingerprint density at radius 3 is 1.28 bits per heavy atom. The molecule has 0 saturated heterocycles. The van der Waals surface area contributed by atoms with Gasteiger partial charge in [0.1, 0.15) is 0 Å². The zero-order valence-electron chi connectivity index (χ0n) is 32.7. The first-order chi connectivity index (χ1) is 29.7. The highest BCUT2D eigenvalue weighted by atomic mass is 15.0. The zero-order chi connectivity index (χ0) is 39.8. The molecule has 0 saturated carbocycles. The van der Waals surface area contributed by atoms with Crippen molar-refractivity contribution in [3.8, 4) is 78.7 Å². The first-order valence-corrected chi connectivity index (χ1v) is 20.3. The van der Waals surface area contributed by atoms with Crippen LogP contribution in [-0.4, -0.2) is 15.0 Å². The molecule has 11 rings (SSSR count). The van der Waals surface area contributed by atoms with Crippen molar-refractivity contribution >= 4 is 32.3 Å². The maximum atomic E-state index is 5.23. The van der Waals surface area contributed by atoms with Gasteiger partial charge in [0, 0.05) is 16.7 Å². The molecule has 0 aliphatic heterocycles. The predicted molar refractivity (Wildman–Crippen MR) is 250 cm³/mol. The van der Waals surface area contributed by atoms with E-state index in [0.717, 1.165) is 44.3 Å². The number of aromatic nitrogens is 3. The van der Waals surface area contributed by atoms with Crippen LogP contribution in [0, 0.1) is 0 Å². The average Bonchev–Trinajstić information content (AvgIpc) is 3.33. The summed E-state index contributed by atoms with van der Waals surface area (Å²) >= 11 is 0. The first kappa shape index (κ1) is 35.2. The fraction of sp³-hybridized carbons (Fsp3) is 0. The summed E-state index contributed by atoms with van der Waals surface area (Å²) in [6.07, 6.45) is 0. The van der Waals surface area contributed by atoms with Crippen molar-refractivity contribution in [3.63, 3.8) is 0 Å². The lowest BCUT2D eigenvalue weighted by molar-refractivity contribution is 1.07. The lowest BCUT2D eigenvalue weighted by Gasteiger charge is -2.14. The van der Waals surface area contributed by atoms with Crippen LogP contribution in [0.15, 0.2) is 224 Å². The molecule has 0 aliphatic carbocycles. The fourth-order valence-electron chi connectivity index (χ4n) is 8.51. The van der Waals surface area contributed by atoms with E-state index >= 15 is 0 Å². The third-order valence-corrected chi connectivity index (χ3v) is 11.5. The molecule has 11 aromatic rings. The molecule has 10 aromatic carbocycles. The van der Waals surface area contributed by atoms with Crippen LogP contribution in [-0.2, 0) is 0 Å². The Morgan fingerprint density at radius 2 is 0.617 bits per heavy atom. The van der Waals surface area contributed by atoms with Crippen LogP contribution in [0.25, 0.3) is 111 Å². The second kappa shape index (κ2) is 15.1. The van der Waals surface area contributed by atoms with Crippen LogP contribution in [0.5, 0.6) is 0 Å². The highest BCUT2D eigenvalue weighted by Crippen LogP contribution is 2.38. The Balaban J connectivity index is 1.06. The number of benzene rings is 10. The standard InChI is InChI=1S/C57H37N3/c1-3-15-39(16-4-1)49-27-13-22-44-37-48(30-31-51(44)49)57-59-55(46-23-11-20-42(35-46)43-29-28-38-14-7-8-19-41(38)34-43)58-56(60-57)47-24-12-21-45(36-47)52-33-32-50(40-17-5-2-6-18-40)53-25-9-10-26-54(52)53/h1-37H. The van der Waals surface area contributed by atoms with Crippen LogP contribution in [0.4, 0.5) is 0 Å². The molecule has 0 fully saturated rings. The highest BCUT2D eigenvalue weighted by Gasteiger charge is 2.16. The highest BCUT2D eigenvalue weighted by molar-refractivity contribution is 6.05. The fourth-order valence-corrected chi connectivity index (χ4v) is 8.51. The summed E-state index contributed by atoms with van der Waals surface area (Å²) < 4.78 is 0. The summed E-state index contributed by atoms with van der Waals surface area (Å²) in [6, 6.07) is 79.5. The van der Waals surface area contributed by atoms with E-state index in [1.807, 2.05) is 0 Å². The van der Waals surface area contributed by atoms with Crippen molar-refractivity contribution in [1.29, 1.82) is 0 Å². The lowest BCUT2D eigenvalue weighted by Crippen LogP contribution is -2.00. The molecule has 0 spiro atoms. The maximum absolute atomic E-state index is 5.23. The van der Waals surface area contributed by atoms with Crippen LogP contribution in [0.1, 0.15) is 0 Å². The van der Waals surface area contributed by atoms with E-state index in [9.17, 15) is 0 Å². The minimum Gasteiger partial charge on any atom is -0.208 e. The number of nitrogens with zero attached hydrogens (tertiary/aromatic N) is 3. The van der Waals surface area contributed by atoms with Crippen LogP contribution in [0.2, 0.25) is 0 Å². The summed E-state index contributed by atoms with van der Waals surface area (Å²) in [5.74, 6) is 1.87. The van der Waals surface area contributed by atoms with E-state index in [-0.39, 0.29) is 0 Å². The van der Waals surface area contributed by atoms with Gasteiger partial charge in [-0.3, -0.25) is 0 Å². The topological polar surface area (TPSA) is 38.7 Å². The van der Waals surface area contributed by atoms with Gasteiger partial charge in [-0.15, -0.1) is 0 Å². The van der Waals surface area contributed by atoms with E-state index < -0.39 is 0 Å². The molecular weight excluding hydrogens is 727 g/mol. The van der Waals surface area contributed by atoms with Gasteiger partial charge in [0.2, 0.25) is 0 Å². The van der Waals surface area contributed by atoms with E-state index in [0.29, 0.717) is 17.5 Å². The Kier molecular flexibility index (Phi) is 8.83. The smallest absolute Gasteiger partial charge is 0.164 e. The Morgan fingerprint density at radius 1 is 0.200 bits per heavy atom. The SMILES string of the molecule is c1ccc(-c2cccc3cc(-c4nc(-c5cccc(-c6ccc7ccccc7c6)c5)nc(-c5cccc(-c6ccc(-c7ccccc7)c7ccccc67)c5)n4)ccc23)cc1. The number of hydrogen-bond donors (Lipinski definition) is 0. The first-order valence-electron chi connectivity index (χ1n) is 20.3. The molecule has 0 aliphatic rings. The van der Waals surface area contributed by atoms with Gasteiger partial charge < -0.3 is 0 Å². The molecule has 0 radical (unpaired) electrons. The van der Waals surface area contributed by atoms with Crippen LogP contribution in [0.3, 0.4) is 0 Å². The normalized spacial score (nSPS) is 11.3. The second-order valence-corrected chi connectivity index (χ2v) is 15.2. The van der Waals surface area contributed by atoms with Gasteiger partial charge >= 0.3 is 0 Å². The average molecular weight is 764 g/mol. The monoisotopic (exact) mass is 763 g/mol. The Hall–Kier alpha value is -8.01.